The maximum atomic E-state index is 12.4. The number of hydrogen-bond donors (Lipinski definition) is 1. The minimum atomic E-state index is -0.337. The molecular weight excluding hydrogens is 291 g/mol. The Hall–Kier alpha value is -2.20. The van der Waals surface area contributed by atoms with Crippen LogP contribution in [-0.4, -0.2) is 36.6 Å². The van der Waals surface area contributed by atoms with Crippen molar-refractivity contribution in [2.24, 2.45) is 5.73 Å². The van der Waals surface area contributed by atoms with Crippen molar-refractivity contribution in [3.05, 3.63) is 59.7 Å². The van der Waals surface area contributed by atoms with E-state index < -0.39 is 0 Å². The molecule has 1 aliphatic rings. The first-order valence-corrected chi connectivity index (χ1v) is 7.97. The van der Waals surface area contributed by atoms with Crippen LogP contribution in [0.25, 0.3) is 11.1 Å². The van der Waals surface area contributed by atoms with Gasteiger partial charge in [0, 0.05) is 31.1 Å². The van der Waals surface area contributed by atoms with Crippen LogP contribution in [0.3, 0.4) is 0 Å². The first kappa shape index (κ1) is 15.7. The number of aryl methyl sites for hydroxylation is 1. The van der Waals surface area contributed by atoms with Crippen LogP contribution in [0.5, 0.6) is 0 Å². The van der Waals surface area contributed by atoms with Gasteiger partial charge in [0.15, 0.2) is 0 Å². The summed E-state index contributed by atoms with van der Waals surface area (Å²) in [6.45, 7) is 1.03. The van der Waals surface area contributed by atoms with Gasteiger partial charge in [-0.3, -0.25) is 9.18 Å². The second-order valence-corrected chi connectivity index (χ2v) is 6.01. The highest BCUT2D eigenvalue weighted by molar-refractivity contribution is 5.95. The summed E-state index contributed by atoms with van der Waals surface area (Å²) < 4.78 is 12.3. The number of likely N-dealkylation sites (tertiary alicyclic amines) is 1. The number of nitrogens with zero attached hydrogens (tertiary/aromatic N) is 1. The van der Waals surface area contributed by atoms with Gasteiger partial charge < -0.3 is 10.6 Å². The van der Waals surface area contributed by atoms with Crippen LogP contribution in [0.2, 0.25) is 0 Å². The average Bonchev–Trinajstić information content (AvgIpc) is 3.02. The van der Waals surface area contributed by atoms with Gasteiger partial charge in [-0.1, -0.05) is 36.4 Å². The predicted octanol–water partition coefficient (Wildman–Crippen LogP) is 3.04. The Balaban J connectivity index is 1.72. The van der Waals surface area contributed by atoms with Gasteiger partial charge in [-0.05, 0) is 35.2 Å². The third-order valence-corrected chi connectivity index (χ3v) is 4.31. The van der Waals surface area contributed by atoms with Crippen LogP contribution in [-0.2, 0) is 6.42 Å². The summed E-state index contributed by atoms with van der Waals surface area (Å²) in [6, 6.07) is 15.6. The molecule has 2 aromatic rings. The van der Waals surface area contributed by atoms with Crippen LogP contribution < -0.4 is 5.73 Å². The lowest BCUT2D eigenvalue weighted by molar-refractivity contribution is 0.0791. The molecule has 1 saturated heterocycles. The molecule has 1 heterocycles. The summed E-state index contributed by atoms with van der Waals surface area (Å²) in [5.74, 6) is 0.0443. The zero-order valence-corrected chi connectivity index (χ0v) is 13.0. The summed E-state index contributed by atoms with van der Waals surface area (Å²) in [4.78, 5) is 14.2. The summed E-state index contributed by atoms with van der Waals surface area (Å²) in [5.41, 5.74) is 9.66. The lowest BCUT2D eigenvalue weighted by Gasteiger charge is -2.16. The molecule has 0 radical (unpaired) electrons. The summed E-state index contributed by atoms with van der Waals surface area (Å²) in [6.07, 6.45) is 1.32. The van der Waals surface area contributed by atoms with Gasteiger partial charge in [0.1, 0.15) is 0 Å². The largest absolute Gasteiger partial charge is 0.337 e. The molecule has 0 bridgehead atoms. The molecule has 3 rings (SSSR count). The van der Waals surface area contributed by atoms with Crippen molar-refractivity contribution >= 4 is 5.91 Å². The Labute approximate surface area is 135 Å². The van der Waals surface area contributed by atoms with Gasteiger partial charge in [-0.2, -0.15) is 0 Å². The molecule has 0 aromatic heterocycles. The molecule has 2 aromatic carbocycles. The number of rotatable bonds is 4. The Kier molecular flexibility index (Phi) is 4.72. The van der Waals surface area contributed by atoms with Crippen molar-refractivity contribution in [3.8, 4) is 11.1 Å². The maximum absolute atomic E-state index is 12.4. The fraction of sp³-hybridized carbons (Fsp3) is 0.316. The van der Waals surface area contributed by atoms with E-state index in [0.29, 0.717) is 18.5 Å². The summed E-state index contributed by atoms with van der Waals surface area (Å²) >= 11 is 0. The number of nitrogens with two attached hydrogens (primary N) is 1. The van der Waals surface area contributed by atoms with Crippen molar-refractivity contribution in [1.29, 1.82) is 0 Å². The van der Waals surface area contributed by atoms with Gasteiger partial charge in [-0.25, -0.2) is 0 Å². The number of carbonyl (C=O) groups is 1. The zero-order valence-electron chi connectivity index (χ0n) is 13.0. The Morgan fingerprint density at radius 2 is 1.70 bits per heavy atom. The monoisotopic (exact) mass is 312 g/mol. The van der Waals surface area contributed by atoms with E-state index >= 15 is 0 Å². The standard InChI is InChI=1S/C19H21FN2O/c20-11-9-14-1-3-15(4-2-14)16-5-7-17(8-6-16)19(23)22-12-10-18(21)13-22/h1-8,18H,9-13,21H2/t18-/m0/s1. The van der Waals surface area contributed by atoms with E-state index in [1.807, 2.05) is 53.4 Å². The molecule has 2 N–H and O–H groups in total. The van der Waals surface area contributed by atoms with E-state index in [2.05, 4.69) is 0 Å². The smallest absolute Gasteiger partial charge is 0.253 e. The summed E-state index contributed by atoms with van der Waals surface area (Å²) in [7, 11) is 0. The molecule has 0 aliphatic carbocycles. The minimum Gasteiger partial charge on any atom is -0.337 e. The Bertz CT molecular complexity index is 667. The third-order valence-electron chi connectivity index (χ3n) is 4.31. The van der Waals surface area contributed by atoms with Crippen LogP contribution >= 0.6 is 0 Å². The van der Waals surface area contributed by atoms with Gasteiger partial charge in [-0.15, -0.1) is 0 Å². The molecule has 1 fully saturated rings. The van der Waals surface area contributed by atoms with E-state index in [0.717, 1.165) is 29.7 Å². The van der Waals surface area contributed by atoms with Crippen LogP contribution in [0.4, 0.5) is 4.39 Å². The van der Waals surface area contributed by atoms with Crippen molar-refractivity contribution in [2.75, 3.05) is 19.8 Å². The number of halogens is 1. The predicted molar refractivity (Wildman–Crippen MR) is 90.1 cm³/mol. The van der Waals surface area contributed by atoms with E-state index in [1.165, 1.54) is 0 Å². The van der Waals surface area contributed by atoms with E-state index in [4.69, 9.17) is 5.73 Å². The average molecular weight is 312 g/mol. The molecule has 0 saturated carbocycles. The van der Waals surface area contributed by atoms with Gasteiger partial charge in [0.25, 0.3) is 5.91 Å². The van der Waals surface area contributed by atoms with Crippen LogP contribution in [0, 0.1) is 0 Å². The highest BCUT2D eigenvalue weighted by Crippen LogP contribution is 2.22. The Morgan fingerprint density at radius 1 is 1.09 bits per heavy atom. The number of alkyl halides is 1. The van der Waals surface area contributed by atoms with Crippen molar-refractivity contribution in [3.63, 3.8) is 0 Å². The highest BCUT2D eigenvalue weighted by atomic mass is 19.1. The highest BCUT2D eigenvalue weighted by Gasteiger charge is 2.24. The minimum absolute atomic E-state index is 0.0443. The van der Waals surface area contributed by atoms with Gasteiger partial charge in [0.2, 0.25) is 0 Å². The quantitative estimate of drug-likeness (QED) is 0.943. The fourth-order valence-corrected chi connectivity index (χ4v) is 2.93. The molecule has 120 valence electrons. The Morgan fingerprint density at radius 3 is 2.22 bits per heavy atom. The van der Waals surface area contributed by atoms with Gasteiger partial charge >= 0.3 is 0 Å². The van der Waals surface area contributed by atoms with E-state index in [1.54, 1.807) is 0 Å². The zero-order chi connectivity index (χ0) is 16.2. The van der Waals surface area contributed by atoms with Crippen molar-refractivity contribution in [1.82, 2.24) is 4.90 Å². The van der Waals surface area contributed by atoms with E-state index in [-0.39, 0.29) is 18.6 Å². The van der Waals surface area contributed by atoms with E-state index in [9.17, 15) is 9.18 Å². The first-order valence-electron chi connectivity index (χ1n) is 7.97. The van der Waals surface area contributed by atoms with Crippen LogP contribution in [0.15, 0.2) is 48.5 Å². The second-order valence-electron chi connectivity index (χ2n) is 6.01. The van der Waals surface area contributed by atoms with Crippen molar-refractivity contribution in [2.45, 2.75) is 18.9 Å². The molecule has 1 aliphatic heterocycles. The molecule has 23 heavy (non-hydrogen) atoms. The lowest BCUT2D eigenvalue weighted by atomic mass is 10.0. The number of carbonyl (C=O) groups excluding carboxylic acids is 1. The molecule has 4 heteroatoms. The summed E-state index contributed by atoms with van der Waals surface area (Å²) in [5, 5.41) is 0. The number of hydrogen-bond acceptors (Lipinski definition) is 2. The fourth-order valence-electron chi connectivity index (χ4n) is 2.93. The molecule has 3 nitrogen and oxygen atoms in total. The topological polar surface area (TPSA) is 46.3 Å². The normalized spacial score (nSPS) is 17.5. The van der Waals surface area contributed by atoms with Gasteiger partial charge in [0.05, 0.1) is 6.67 Å². The molecule has 0 unspecified atom stereocenters. The lowest BCUT2D eigenvalue weighted by Crippen LogP contribution is -2.31. The molecule has 1 amide bonds. The van der Waals surface area contributed by atoms with Crippen molar-refractivity contribution < 1.29 is 9.18 Å². The molecular formula is C19H21FN2O. The first-order chi connectivity index (χ1) is 11.2. The molecule has 0 spiro atoms. The van der Waals surface area contributed by atoms with Crippen LogP contribution in [0.1, 0.15) is 22.3 Å². The molecule has 1 atom stereocenters. The second kappa shape index (κ2) is 6.92. The third kappa shape index (κ3) is 3.59. The maximum Gasteiger partial charge on any atom is 0.253 e. The number of amides is 1. The number of benzene rings is 2. The SMILES string of the molecule is N[C@H]1CCN(C(=O)c2ccc(-c3ccc(CCF)cc3)cc2)C1.